The van der Waals surface area contributed by atoms with Crippen molar-refractivity contribution in [3.63, 3.8) is 0 Å². The van der Waals surface area contributed by atoms with E-state index in [9.17, 15) is 40.9 Å². The quantitative estimate of drug-likeness (QED) is 0.164. The van der Waals surface area contributed by atoms with Crippen molar-refractivity contribution in [3.05, 3.63) is 82.4 Å². The first-order valence-corrected chi connectivity index (χ1v) is 13.6. The molecule has 4 aromatic carbocycles. The van der Waals surface area contributed by atoms with E-state index in [4.69, 9.17) is 18.9 Å². The maximum atomic E-state index is 11.9. The molecule has 2 heterocycles. The van der Waals surface area contributed by atoms with Gasteiger partial charge in [0.1, 0.15) is 46.4 Å². The van der Waals surface area contributed by atoms with Gasteiger partial charge in [-0.25, -0.2) is 0 Å². The highest BCUT2D eigenvalue weighted by Gasteiger charge is 2.46. The largest absolute Gasteiger partial charge is 0.508 e. The first-order valence-electron chi connectivity index (χ1n) is 13.6. The van der Waals surface area contributed by atoms with Crippen LogP contribution in [0.3, 0.4) is 0 Å². The Morgan fingerprint density at radius 3 is 1.95 bits per heavy atom. The molecule has 8 N–H and O–H groups in total. The van der Waals surface area contributed by atoms with Crippen molar-refractivity contribution in [2.24, 2.45) is 0 Å². The van der Waals surface area contributed by atoms with E-state index in [1.54, 1.807) is 24.3 Å². The summed E-state index contributed by atoms with van der Waals surface area (Å²) in [7, 11) is 2.77. The summed E-state index contributed by atoms with van der Waals surface area (Å²) in [4.78, 5) is 0. The maximum Gasteiger partial charge on any atom is 0.202 e. The SMILES string of the molecule is COc1ccc([C@H]2Oc3cc(O)cc(O)c3[C@H](c3c(O)cc(O)c4c3O[C@H](c3cc(O)c(OC)c(O)c3)[C@H](O)C4)[C@H]2O)cc1. The molecule has 5 atom stereocenters. The average molecular weight is 607 g/mol. The second kappa shape index (κ2) is 10.8. The smallest absolute Gasteiger partial charge is 0.202 e. The number of aliphatic hydroxyl groups is 2. The Bertz CT molecular complexity index is 1710. The van der Waals surface area contributed by atoms with Gasteiger partial charge < -0.3 is 59.8 Å². The molecular formula is C32H30O12. The van der Waals surface area contributed by atoms with Crippen molar-refractivity contribution >= 4 is 0 Å². The lowest BCUT2D eigenvalue weighted by Gasteiger charge is -2.40. The number of phenols is 6. The number of phenolic OH excluding ortho intramolecular Hbond substituents is 6. The highest BCUT2D eigenvalue weighted by Crippen LogP contribution is 2.57. The van der Waals surface area contributed by atoms with Crippen LogP contribution in [0.25, 0.3) is 0 Å². The molecule has 0 fully saturated rings. The number of benzene rings is 4. The van der Waals surface area contributed by atoms with Crippen molar-refractivity contribution in [2.45, 2.75) is 36.8 Å². The van der Waals surface area contributed by atoms with Crippen LogP contribution in [0, 0.1) is 0 Å². The molecule has 0 saturated heterocycles. The predicted octanol–water partition coefficient (Wildman–Crippen LogP) is 3.60. The number of hydrogen-bond donors (Lipinski definition) is 8. The van der Waals surface area contributed by atoms with Crippen molar-refractivity contribution < 1.29 is 59.8 Å². The van der Waals surface area contributed by atoms with E-state index in [0.29, 0.717) is 11.3 Å². The Labute approximate surface area is 250 Å². The van der Waals surface area contributed by atoms with Crippen LogP contribution in [0.15, 0.2) is 54.6 Å². The Kier molecular flexibility index (Phi) is 7.10. The topological polar surface area (TPSA) is 199 Å². The molecule has 0 radical (unpaired) electrons. The van der Waals surface area contributed by atoms with Crippen LogP contribution in [-0.2, 0) is 6.42 Å². The second-order valence-electron chi connectivity index (χ2n) is 10.7. The number of fused-ring (bicyclic) bond motifs is 2. The van der Waals surface area contributed by atoms with Gasteiger partial charge in [-0.15, -0.1) is 0 Å². The molecule has 12 heteroatoms. The summed E-state index contributed by atoms with van der Waals surface area (Å²) in [5.74, 6) is -3.37. The summed E-state index contributed by atoms with van der Waals surface area (Å²) >= 11 is 0. The Morgan fingerprint density at radius 2 is 1.32 bits per heavy atom. The lowest BCUT2D eigenvalue weighted by molar-refractivity contribution is 0.00120. The summed E-state index contributed by atoms with van der Waals surface area (Å²) in [6, 6.07) is 12.6. The Balaban J connectivity index is 1.53. The summed E-state index contributed by atoms with van der Waals surface area (Å²) < 4.78 is 22.5. The zero-order valence-corrected chi connectivity index (χ0v) is 23.5. The molecule has 0 spiro atoms. The minimum absolute atomic E-state index is 0.0252. The molecule has 12 nitrogen and oxygen atoms in total. The Morgan fingerprint density at radius 1 is 0.659 bits per heavy atom. The van der Waals surface area contributed by atoms with Gasteiger partial charge in [0.15, 0.2) is 23.7 Å². The molecule has 4 aromatic rings. The van der Waals surface area contributed by atoms with Gasteiger partial charge in [0.25, 0.3) is 0 Å². The molecular weight excluding hydrogens is 576 g/mol. The number of aliphatic hydroxyl groups excluding tert-OH is 2. The summed E-state index contributed by atoms with van der Waals surface area (Å²) in [5.41, 5.74) is 0.789. The number of aromatic hydroxyl groups is 6. The summed E-state index contributed by atoms with van der Waals surface area (Å²) in [6.45, 7) is 0. The number of methoxy groups -OCH3 is 2. The first kappa shape index (κ1) is 28.9. The third kappa shape index (κ3) is 4.64. The van der Waals surface area contributed by atoms with Crippen LogP contribution in [0.5, 0.6) is 57.5 Å². The fourth-order valence-corrected chi connectivity index (χ4v) is 6.06. The summed E-state index contributed by atoms with van der Waals surface area (Å²) in [6.07, 6.45) is -5.20. The molecule has 0 unspecified atom stereocenters. The highest BCUT2D eigenvalue weighted by atomic mass is 16.5. The van der Waals surface area contributed by atoms with Gasteiger partial charge in [-0.2, -0.15) is 0 Å². The first-order chi connectivity index (χ1) is 21.0. The van der Waals surface area contributed by atoms with Crippen LogP contribution < -0.4 is 18.9 Å². The number of rotatable bonds is 5. The molecule has 0 amide bonds. The minimum atomic E-state index is -1.46. The van der Waals surface area contributed by atoms with Gasteiger partial charge in [0, 0.05) is 46.9 Å². The molecule has 0 aliphatic carbocycles. The van der Waals surface area contributed by atoms with Crippen molar-refractivity contribution in [1.82, 2.24) is 0 Å². The lowest BCUT2D eigenvalue weighted by Crippen LogP contribution is -2.36. The van der Waals surface area contributed by atoms with Crippen LogP contribution in [-0.4, -0.2) is 67.3 Å². The normalized spacial score (nSPS) is 22.2. The average Bonchev–Trinajstić information content (AvgIpc) is 2.98. The number of ether oxygens (including phenoxy) is 4. The monoisotopic (exact) mass is 606 g/mol. The van der Waals surface area contributed by atoms with E-state index in [-0.39, 0.29) is 57.4 Å². The molecule has 6 rings (SSSR count). The molecule has 2 aliphatic rings. The minimum Gasteiger partial charge on any atom is -0.508 e. The second-order valence-corrected chi connectivity index (χ2v) is 10.7. The van der Waals surface area contributed by atoms with Crippen LogP contribution in [0.1, 0.15) is 45.9 Å². The zero-order valence-electron chi connectivity index (χ0n) is 23.5. The molecule has 2 aliphatic heterocycles. The third-order valence-electron chi connectivity index (χ3n) is 8.07. The van der Waals surface area contributed by atoms with E-state index in [1.807, 2.05) is 0 Å². The van der Waals surface area contributed by atoms with Gasteiger partial charge in [-0.1, -0.05) is 12.1 Å². The zero-order chi connectivity index (χ0) is 31.4. The van der Waals surface area contributed by atoms with E-state index in [2.05, 4.69) is 0 Å². The molecule has 0 aromatic heterocycles. The highest BCUT2D eigenvalue weighted by molar-refractivity contribution is 5.66. The third-order valence-corrected chi connectivity index (χ3v) is 8.07. The van der Waals surface area contributed by atoms with Crippen molar-refractivity contribution in [2.75, 3.05) is 14.2 Å². The van der Waals surface area contributed by atoms with Gasteiger partial charge in [0.05, 0.1) is 26.2 Å². The summed E-state index contributed by atoms with van der Waals surface area (Å²) in [5, 5.41) is 87.1. The van der Waals surface area contributed by atoms with E-state index in [1.165, 1.54) is 32.4 Å². The van der Waals surface area contributed by atoms with Crippen LogP contribution >= 0.6 is 0 Å². The van der Waals surface area contributed by atoms with Gasteiger partial charge in [-0.3, -0.25) is 0 Å². The molecule has 0 bridgehead atoms. The molecule has 0 saturated carbocycles. The van der Waals surface area contributed by atoms with E-state index >= 15 is 0 Å². The van der Waals surface area contributed by atoms with Crippen LogP contribution in [0.4, 0.5) is 0 Å². The predicted molar refractivity (Wildman–Crippen MR) is 153 cm³/mol. The van der Waals surface area contributed by atoms with Gasteiger partial charge in [-0.05, 0) is 29.8 Å². The number of hydrogen-bond acceptors (Lipinski definition) is 12. The molecule has 230 valence electrons. The standard InChI is InChI=1S/C32H30O12/c1-41-16-5-3-13(4-6-16)30-28(40)27(25-19(35)9-15(33)10-24(25)43-30)26-20(36)12-18(34)17-11-23(39)29(44-31(17)26)14-7-21(37)32(42-2)22(38)8-14/h3-10,12,23,27-30,33-40H,11H2,1-2H3/t23-,27-,28-,29-,30-/m1/s1. The van der Waals surface area contributed by atoms with E-state index < -0.39 is 53.3 Å². The van der Waals surface area contributed by atoms with Crippen LogP contribution in [0.2, 0.25) is 0 Å². The van der Waals surface area contributed by atoms with E-state index in [0.717, 1.165) is 12.1 Å². The fourth-order valence-electron chi connectivity index (χ4n) is 6.06. The lowest BCUT2D eigenvalue weighted by atomic mass is 9.77. The van der Waals surface area contributed by atoms with Crippen molar-refractivity contribution in [1.29, 1.82) is 0 Å². The fraction of sp³-hybridized carbons (Fsp3) is 0.250. The Hall–Kier alpha value is -5.20. The molecule has 44 heavy (non-hydrogen) atoms. The maximum absolute atomic E-state index is 11.9. The van der Waals surface area contributed by atoms with Gasteiger partial charge in [0.2, 0.25) is 5.75 Å². The van der Waals surface area contributed by atoms with Gasteiger partial charge >= 0.3 is 0 Å². The van der Waals surface area contributed by atoms with Crippen molar-refractivity contribution in [3.8, 4) is 57.5 Å².